The first-order valence-electron chi connectivity index (χ1n) is 5.78. The minimum absolute atomic E-state index is 0.517. The Bertz CT molecular complexity index is 309. The lowest BCUT2D eigenvalue weighted by Crippen LogP contribution is -2.19. The molecule has 1 aromatic heterocycles. The molecule has 0 spiro atoms. The average Bonchev–Trinajstić information content (AvgIpc) is 2.82. The highest BCUT2D eigenvalue weighted by Gasteiger charge is 2.25. The van der Waals surface area contributed by atoms with Gasteiger partial charge in [-0.25, -0.2) is 4.68 Å². The zero-order chi connectivity index (χ0) is 10.7. The highest BCUT2D eigenvalue weighted by atomic mass is 15.6. The summed E-state index contributed by atoms with van der Waals surface area (Å²) >= 11 is 0. The largest absolute Gasteiger partial charge is 0.310 e. The SMILES string of the molecule is CCNCc1nnnn1C1CCC(C)C1. The summed E-state index contributed by atoms with van der Waals surface area (Å²) < 4.78 is 2.01. The third kappa shape index (κ3) is 2.34. The van der Waals surface area contributed by atoms with Gasteiger partial charge < -0.3 is 5.32 Å². The van der Waals surface area contributed by atoms with Crippen molar-refractivity contribution in [3.05, 3.63) is 5.82 Å². The lowest BCUT2D eigenvalue weighted by atomic mass is 10.1. The van der Waals surface area contributed by atoms with Crippen LogP contribution in [-0.2, 0) is 6.54 Å². The van der Waals surface area contributed by atoms with Crippen molar-refractivity contribution < 1.29 is 0 Å². The summed E-state index contributed by atoms with van der Waals surface area (Å²) in [6, 6.07) is 0.517. The van der Waals surface area contributed by atoms with Crippen LogP contribution in [0, 0.1) is 5.92 Å². The molecule has 2 unspecified atom stereocenters. The van der Waals surface area contributed by atoms with E-state index in [1.165, 1.54) is 19.3 Å². The maximum Gasteiger partial charge on any atom is 0.165 e. The molecule has 5 nitrogen and oxygen atoms in total. The lowest BCUT2D eigenvalue weighted by molar-refractivity contribution is 0.419. The zero-order valence-corrected chi connectivity index (χ0v) is 9.48. The van der Waals surface area contributed by atoms with E-state index in [4.69, 9.17) is 0 Å². The summed E-state index contributed by atoms with van der Waals surface area (Å²) in [6.45, 7) is 6.11. The Morgan fingerprint density at radius 3 is 3.00 bits per heavy atom. The molecule has 1 fully saturated rings. The molecule has 1 aromatic rings. The van der Waals surface area contributed by atoms with Crippen LogP contribution >= 0.6 is 0 Å². The molecule has 0 saturated heterocycles. The third-order valence-electron chi connectivity index (χ3n) is 3.11. The molecular weight excluding hydrogens is 190 g/mol. The van der Waals surface area contributed by atoms with Crippen LogP contribution in [0.5, 0.6) is 0 Å². The van der Waals surface area contributed by atoms with Gasteiger partial charge in [0.15, 0.2) is 5.82 Å². The first kappa shape index (κ1) is 10.5. The predicted molar refractivity (Wildman–Crippen MR) is 57.2 cm³/mol. The van der Waals surface area contributed by atoms with E-state index in [1.807, 2.05) is 4.68 Å². The van der Waals surface area contributed by atoms with E-state index in [2.05, 4.69) is 34.7 Å². The molecule has 0 bridgehead atoms. The Hall–Kier alpha value is -0.970. The van der Waals surface area contributed by atoms with Gasteiger partial charge in [0.2, 0.25) is 0 Å². The fraction of sp³-hybridized carbons (Fsp3) is 0.900. The second-order valence-corrected chi connectivity index (χ2v) is 4.39. The van der Waals surface area contributed by atoms with Gasteiger partial charge in [-0.05, 0) is 42.2 Å². The molecule has 0 amide bonds. The van der Waals surface area contributed by atoms with Crippen molar-refractivity contribution in [1.29, 1.82) is 0 Å². The number of aromatic nitrogens is 4. The van der Waals surface area contributed by atoms with E-state index in [0.29, 0.717) is 6.04 Å². The Morgan fingerprint density at radius 2 is 2.33 bits per heavy atom. The molecule has 1 N–H and O–H groups in total. The minimum atomic E-state index is 0.517. The lowest BCUT2D eigenvalue weighted by Gasteiger charge is -2.11. The summed E-state index contributed by atoms with van der Waals surface area (Å²) in [5.41, 5.74) is 0. The van der Waals surface area contributed by atoms with Crippen LogP contribution < -0.4 is 5.32 Å². The quantitative estimate of drug-likeness (QED) is 0.808. The van der Waals surface area contributed by atoms with Crippen LogP contribution in [0.15, 0.2) is 0 Å². The number of hydrogen-bond acceptors (Lipinski definition) is 4. The van der Waals surface area contributed by atoms with Gasteiger partial charge in [-0.15, -0.1) is 5.10 Å². The van der Waals surface area contributed by atoms with E-state index in [-0.39, 0.29) is 0 Å². The average molecular weight is 209 g/mol. The Labute approximate surface area is 90.2 Å². The van der Waals surface area contributed by atoms with E-state index in [0.717, 1.165) is 24.8 Å². The van der Waals surface area contributed by atoms with Gasteiger partial charge in [0, 0.05) is 0 Å². The molecule has 15 heavy (non-hydrogen) atoms. The Kier molecular flexibility index (Phi) is 3.30. The van der Waals surface area contributed by atoms with Gasteiger partial charge in [0.05, 0.1) is 12.6 Å². The van der Waals surface area contributed by atoms with Crippen molar-refractivity contribution in [1.82, 2.24) is 25.5 Å². The molecule has 1 saturated carbocycles. The summed E-state index contributed by atoms with van der Waals surface area (Å²) in [5, 5.41) is 15.2. The summed E-state index contributed by atoms with van der Waals surface area (Å²) in [4.78, 5) is 0. The van der Waals surface area contributed by atoms with Crippen LogP contribution in [0.1, 0.15) is 45.0 Å². The molecule has 0 aromatic carbocycles. The van der Waals surface area contributed by atoms with Gasteiger partial charge in [0.25, 0.3) is 0 Å². The molecule has 5 heteroatoms. The minimum Gasteiger partial charge on any atom is -0.310 e. The van der Waals surface area contributed by atoms with Gasteiger partial charge >= 0.3 is 0 Å². The van der Waals surface area contributed by atoms with Crippen LogP contribution in [0.25, 0.3) is 0 Å². The van der Waals surface area contributed by atoms with Gasteiger partial charge in [-0.1, -0.05) is 13.8 Å². The van der Waals surface area contributed by atoms with Crippen molar-refractivity contribution in [2.24, 2.45) is 5.92 Å². The number of nitrogens with zero attached hydrogens (tertiary/aromatic N) is 4. The maximum atomic E-state index is 4.10. The second kappa shape index (κ2) is 4.70. The number of nitrogens with one attached hydrogen (secondary N) is 1. The zero-order valence-electron chi connectivity index (χ0n) is 9.48. The molecule has 1 heterocycles. The third-order valence-corrected chi connectivity index (χ3v) is 3.11. The smallest absolute Gasteiger partial charge is 0.165 e. The van der Waals surface area contributed by atoms with Gasteiger partial charge in [-0.2, -0.15) is 0 Å². The normalized spacial score (nSPS) is 26.0. The Balaban J connectivity index is 2.04. The molecule has 0 radical (unpaired) electrons. The standard InChI is InChI=1S/C10H19N5/c1-3-11-7-10-12-13-14-15(10)9-5-4-8(2)6-9/h8-9,11H,3-7H2,1-2H3. The molecule has 2 atom stereocenters. The van der Waals surface area contributed by atoms with Gasteiger partial charge in [-0.3, -0.25) is 0 Å². The van der Waals surface area contributed by atoms with Crippen LogP contribution in [0.4, 0.5) is 0 Å². The molecule has 0 aliphatic heterocycles. The molecule has 1 aliphatic carbocycles. The number of tetrazole rings is 1. The Morgan fingerprint density at radius 1 is 1.47 bits per heavy atom. The van der Waals surface area contributed by atoms with E-state index in [9.17, 15) is 0 Å². The molecule has 1 aliphatic rings. The van der Waals surface area contributed by atoms with Crippen molar-refractivity contribution in [3.8, 4) is 0 Å². The summed E-state index contributed by atoms with van der Waals surface area (Å²) in [6.07, 6.45) is 3.72. The van der Waals surface area contributed by atoms with Gasteiger partial charge in [0.1, 0.15) is 0 Å². The van der Waals surface area contributed by atoms with E-state index < -0.39 is 0 Å². The van der Waals surface area contributed by atoms with E-state index >= 15 is 0 Å². The number of hydrogen-bond donors (Lipinski definition) is 1. The van der Waals surface area contributed by atoms with Crippen molar-refractivity contribution in [2.75, 3.05) is 6.54 Å². The highest BCUT2D eigenvalue weighted by molar-refractivity contribution is 4.87. The van der Waals surface area contributed by atoms with Crippen LogP contribution in [0.2, 0.25) is 0 Å². The summed E-state index contributed by atoms with van der Waals surface area (Å²) in [7, 11) is 0. The topological polar surface area (TPSA) is 55.6 Å². The highest BCUT2D eigenvalue weighted by Crippen LogP contribution is 2.33. The second-order valence-electron chi connectivity index (χ2n) is 4.39. The van der Waals surface area contributed by atoms with Crippen LogP contribution in [0.3, 0.4) is 0 Å². The fourth-order valence-corrected chi connectivity index (χ4v) is 2.25. The maximum absolute atomic E-state index is 4.10. The van der Waals surface area contributed by atoms with E-state index in [1.54, 1.807) is 0 Å². The molecule has 84 valence electrons. The number of rotatable bonds is 4. The summed E-state index contributed by atoms with van der Waals surface area (Å²) in [5.74, 6) is 1.78. The van der Waals surface area contributed by atoms with Crippen molar-refractivity contribution in [2.45, 2.75) is 45.7 Å². The predicted octanol–water partition coefficient (Wildman–Crippen LogP) is 1.14. The van der Waals surface area contributed by atoms with Crippen molar-refractivity contribution in [3.63, 3.8) is 0 Å². The first-order chi connectivity index (χ1) is 7.31. The first-order valence-corrected chi connectivity index (χ1v) is 5.78. The fourth-order valence-electron chi connectivity index (χ4n) is 2.25. The van der Waals surface area contributed by atoms with Crippen LogP contribution in [-0.4, -0.2) is 26.8 Å². The molecule has 2 rings (SSSR count). The van der Waals surface area contributed by atoms with Crippen molar-refractivity contribution >= 4 is 0 Å². The molecular formula is C10H19N5. The monoisotopic (exact) mass is 209 g/mol.